The highest BCUT2D eigenvalue weighted by atomic mass is 127. The molecule has 1 rings (SSSR count). The van der Waals surface area contributed by atoms with E-state index in [-0.39, 0.29) is 0 Å². The summed E-state index contributed by atoms with van der Waals surface area (Å²) in [5, 5.41) is 0. The van der Waals surface area contributed by atoms with Crippen LogP contribution in [-0.4, -0.2) is 43.8 Å². The van der Waals surface area contributed by atoms with Crippen molar-refractivity contribution >= 4 is 22.9 Å². The normalized spacial score (nSPS) is 25.8. The van der Waals surface area contributed by atoms with Crippen molar-refractivity contribution in [3.05, 3.63) is 0 Å². The molecule has 0 amide bonds. The topological polar surface area (TPSA) is 24.5 Å². The summed E-state index contributed by atoms with van der Waals surface area (Å²) in [5.74, 6) is 0. The average Bonchev–Trinajstić information content (AvgIpc) is 2.39. The maximum Gasteiger partial charge on any atom is 0.0600 e. The Balaban J connectivity index is 2.19. The Morgan fingerprint density at radius 1 is 1.54 bits per heavy atom. The predicted molar refractivity (Wildman–Crippen MR) is 63.1 cm³/mol. The fourth-order valence-electron chi connectivity index (χ4n) is 1.63. The maximum atomic E-state index is 5.75. The largest absolute Gasteiger partial charge is 0.377 e. The van der Waals surface area contributed by atoms with Crippen LogP contribution in [-0.2, 0) is 4.74 Å². The minimum atomic E-state index is 0.471. The van der Waals surface area contributed by atoms with Crippen molar-refractivity contribution in [2.24, 2.45) is 0 Å². The second-order valence-corrected chi connectivity index (χ2v) is 4.15. The molecule has 13 heavy (non-hydrogen) atoms. The molecule has 0 aromatic rings. The Kier molecular flexibility index (Phi) is 6.27. The summed E-state index contributed by atoms with van der Waals surface area (Å²) in [6.07, 6.45) is 2.80. The molecular formula is C9H19IN2O. The Morgan fingerprint density at radius 3 is 3.08 bits per heavy atom. The van der Waals surface area contributed by atoms with Crippen molar-refractivity contribution in [2.75, 3.05) is 32.8 Å². The van der Waals surface area contributed by atoms with Crippen LogP contribution in [0.25, 0.3) is 0 Å². The van der Waals surface area contributed by atoms with Gasteiger partial charge in [0.15, 0.2) is 0 Å². The molecule has 4 heteroatoms. The van der Waals surface area contributed by atoms with E-state index < -0.39 is 0 Å². The van der Waals surface area contributed by atoms with Crippen molar-refractivity contribution in [3.63, 3.8) is 0 Å². The number of hydrogen-bond donors (Lipinski definition) is 1. The molecule has 1 unspecified atom stereocenters. The first-order valence-corrected chi connectivity index (χ1v) is 6.12. The van der Waals surface area contributed by atoms with Crippen molar-refractivity contribution in [1.82, 2.24) is 8.43 Å². The maximum absolute atomic E-state index is 5.75. The molecule has 1 atom stereocenters. The lowest BCUT2D eigenvalue weighted by Crippen LogP contribution is -2.25. The van der Waals surface area contributed by atoms with E-state index in [0.717, 1.165) is 32.7 Å². The molecule has 1 aliphatic rings. The molecule has 0 radical (unpaired) electrons. The lowest BCUT2D eigenvalue weighted by Gasteiger charge is -2.16. The van der Waals surface area contributed by atoms with Crippen LogP contribution in [0.15, 0.2) is 0 Å². The molecule has 1 saturated heterocycles. The van der Waals surface area contributed by atoms with E-state index in [9.17, 15) is 0 Å². The third-order valence-corrected chi connectivity index (χ3v) is 3.08. The zero-order valence-corrected chi connectivity index (χ0v) is 10.4. The summed E-state index contributed by atoms with van der Waals surface area (Å²) in [6, 6.07) is 0. The average molecular weight is 298 g/mol. The van der Waals surface area contributed by atoms with Crippen LogP contribution in [0.4, 0.5) is 0 Å². The van der Waals surface area contributed by atoms with Gasteiger partial charge in [0.25, 0.3) is 0 Å². The van der Waals surface area contributed by atoms with Crippen molar-refractivity contribution in [2.45, 2.75) is 25.9 Å². The molecule has 0 bridgehead atoms. The molecule has 0 saturated carbocycles. The lowest BCUT2D eigenvalue weighted by molar-refractivity contribution is 0.0579. The number of likely N-dealkylation sites (N-methyl/N-ethyl adjacent to an activating group) is 1. The summed E-state index contributed by atoms with van der Waals surface area (Å²) >= 11 is 2.19. The summed E-state index contributed by atoms with van der Waals surface area (Å²) in [5.41, 5.74) is 0. The fourth-order valence-corrected chi connectivity index (χ4v) is 1.94. The first-order valence-electron chi connectivity index (χ1n) is 5.04. The summed E-state index contributed by atoms with van der Waals surface area (Å²) < 4.78 is 8.89. The predicted octanol–water partition coefficient (Wildman–Crippen LogP) is 1.43. The number of nitrogens with zero attached hydrogens (tertiary/aromatic N) is 1. The number of rotatable bonds is 4. The van der Waals surface area contributed by atoms with E-state index in [2.05, 4.69) is 38.2 Å². The van der Waals surface area contributed by atoms with Crippen molar-refractivity contribution in [1.29, 1.82) is 0 Å². The molecule has 1 fully saturated rings. The first kappa shape index (κ1) is 11.7. The zero-order chi connectivity index (χ0) is 9.52. The van der Waals surface area contributed by atoms with Crippen LogP contribution in [0.5, 0.6) is 0 Å². The molecule has 0 spiro atoms. The molecule has 3 nitrogen and oxygen atoms in total. The lowest BCUT2D eigenvalue weighted by atomic mass is 10.2. The zero-order valence-electron chi connectivity index (χ0n) is 8.26. The second kappa shape index (κ2) is 6.98. The molecule has 0 aliphatic carbocycles. The molecule has 0 aromatic heterocycles. The number of ether oxygens (including phenoxy) is 1. The van der Waals surface area contributed by atoms with Crippen LogP contribution in [0.2, 0.25) is 0 Å². The highest BCUT2D eigenvalue weighted by Gasteiger charge is 2.15. The molecule has 1 heterocycles. The third kappa shape index (κ3) is 4.58. The van der Waals surface area contributed by atoms with Gasteiger partial charge in [-0.15, -0.1) is 0 Å². The van der Waals surface area contributed by atoms with Crippen LogP contribution >= 0.6 is 22.9 Å². The van der Waals surface area contributed by atoms with Crippen molar-refractivity contribution in [3.8, 4) is 0 Å². The second-order valence-electron chi connectivity index (χ2n) is 3.39. The van der Waals surface area contributed by atoms with Gasteiger partial charge >= 0.3 is 0 Å². The Bertz CT molecular complexity index is 135. The third-order valence-electron chi connectivity index (χ3n) is 2.54. The highest BCUT2D eigenvalue weighted by Crippen LogP contribution is 2.09. The van der Waals surface area contributed by atoms with Crippen LogP contribution in [0.3, 0.4) is 0 Å². The van der Waals surface area contributed by atoms with Gasteiger partial charge in [-0.25, -0.2) is 0 Å². The minimum Gasteiger partial charge on any atom is -0.377 e. The van der Waals surface area contributed by atoms with E-state index in [1.807, 2.05) is 0 Å². The van der Waals surface area contributed by atoms with Gasteiger partial charge in [0.05, 0.1) is 12.7 Å². The number of halogens is 1. The summed E-state index contributed by atoms with van der Waals surface area (Å²) in [6.45, 7) is 7.62. The van der Waals surface area contributed by atoms with Gasteiger partial charge in [-0.3, -0.25) is 3.53 Å². The fraction of sp³-hybridized carbons (Fsp3) is 1.00. The van der Waals surface area contributed by atoms with Gasteiger partial charge < -0.3 is 9.64 Å². The van der Waals surface area contributed by atoms with E-state index in [1.165, 1.54) is 13.0 Å². The summed E-state index contributed by atoms with van der Waals surface area (Å²) in [4.78, 5) is 2.46. The molecule has 1 N–H and O–H groups in total. The Labute approximate surface area is 94.7 Å². The quantitative estimate of drug-likeness (QED) is 0.628. The van der Waals surface area contributed by atoms with Crippen molar-refractivity contribution < 1.29 is 4.74 Å². The monoisotopic (exact) mass is 298 g/mol. The SMILES string of the molecule is CCN1CCOC(CCNI)CC1. The van der Waals surface area contributed by atoms with Gasteiger partial charge in [0.1, 0.15) is 0 Å². The van der Waals surface area contributed by atoms with Crippen LogP contribution in [0.1, 0.15) is 19.8 Å². The van der Waals surface area contributed by atoms with E-state index in [1.54, 1.807) is 0 Å². The van der Waals surface area contributed by atoms with Gasteiger partial charge in [-0.05, 0) is 19.4 Å². The van der Waals surface area contributed by atoms with Crippen LogP contribution < -0.4 is 3.53 Å². The highest BCUT2D eigenvalue weighted by molar-refractivity contribution is 14.1. The summed E-state index contributed by atoms with van der Waals surface area (Å²) in [7, 11) is 0. The van der Waals surface area contributed by atoms with Gasteiger partial charge in [0.2, 0.25) is 0 Å². The van der Waals surface area contributed by atoms with Gasteiger partial charge in [0, 0.05) is 42.5 Å². The van der Waals surface area contributed by atoms with E-state index >= 15 is 0 Å². The molecular weight excluding hydrogens is 279 g/mol. The first-order chi connectivity index (χ1) is 6.36. The Hall–Kier alpha value is 0.610. The Morgan fingerprint density at radius 2 is 2.38 bits per heavy atom. The van der Waals surface area contributed by atoms with Gasteiger partial charge in [-0.2, -0.15) is 0 Å². The molecule has 0 aromatic carbocycles. The standard InChI is InChI=1S/C9H19IN2O/c1-2-12-6-4-9(3-5-11-10)13-8-7-12/h9,11H,2-8H2,1H3. The minimum absolute atomic E-state index is 0.471. The van der Waals surface area contributed by atoms with Gasteiger partial charge in [-0.1, -0.05) is 6.92 Å². The molecule has 1 aliphatic heterocycles. The molecule has 78 valence electrons. The number of hydrogen-bond acceptors (Lipinski definition) is 3. The smallest absolute Gasteiger partial charge is 0.0600 e. The van der Waals surface area contributed by atoms with Crippen LogP contribution in [0, 0.1) is 0 Å². The van der Waals surface area contributed by atoms with E-state index in [4.69, 9.17) is 4.74 Å². The van der Waals surface area contributed by atoms with E-state index in [0.29, 0.717) is 6.10 Å². The number of nitrogens with one attached hydrogen (secondary N) is 1.